The van der Waals surface area contributed by atoms with Gasteiger partial charge in [0.05, 0.1) is 37.5 Å². The Morgan fingerprint density at radius 2 is 1.51 bits per heavy atom. The molecule has 17 heteroatoms. The van der Waals surface area contributed by atoms with Crippen molar-refractivity contribution in [1.29, 1.82) is 0 Å². The minimum atomic E-state index is -3.80. The average molecular weight is 874 g/mol. The van der Waals surface area contributed by atoms with Crippen molar-refractivity contribution >= 4 is 53.9 Å². The fourth-order valence-corrected chi connectivity index (χ4v) is 8.87. The highest BCUT2D eigenvalue weighted by molar-refractivity contribution is 7.92. The number of urea groups is 1. The molecule has 2 amide bonds. The highest BCUT2D eigenvalue weighted by Crippen LogP contribution is 2.40. The largest absolute Gasteiger partial charge is 0.495 e. The SMILES string of the molecule is COc1cc(Cc2cc(Oc3ccc(NC(=O)Nc4cc(C(C)(C)C)cc(NS(C)(=O)=O)c4OC)c4ccccc34)ccn2)ccc1S(=O)(=O)N(C)CCN1CCN(C)CC1. The topological polar surface area (TPSA) is 172 Å². The molecular weight excluding hydrogens is 819 g/mol. The zero-order chi connectivity index (χ0) is 44.1. The second kappa shape index (κ2) is 18.7. The van der Waals surface area contributed by atoms with Gasteiger partial charge in [0.15, 0.2) is 5.75 Å². The molecule has 15 nitrogen and oxygen atoms in total. The number of anilines is 3. The van der Waals surface area contributed by atoms with Crippen molar-refractivity contribution in [3.05, 3.63) is 102 Å². The number of piperazine rings is 1. The van der Waals surface area contributed by atoms with Gasteiger partial charge in [-0.15, -0.1) is 0 Å². The monoisotopic (exact) mass is 873 g/mol. The molecule has 3 N–H and O–H groups in total. The molecular formula is C44H55N7O8S2. The molecule has 1 aromatic heterocycles. The summed E-state index contributed by atoms with van der Waals surface area (Å²) in [6.07, 6.45) is 3.09. The Labute approximate surface area is 359 Å². The van der Waals surface area contributed by atoms with Crippen LogP contribution in [0.4, 0.5) is 21.9 Å². The van der Waals surface area contributed by atoms with Crippen LogP contribution in [0.1, 0.15) is 37.6 Å². The zero-order valence-electron chi connectivity index (χ0n) is 35.9. The van der Waals surface area contributed by atoms with Gasteiger partial charge in [0.25, 0.3) is 0 Å². The summed E-state index contributed by atoms with van der Waals surface area (Å²) in [7, 11) is -0.891. The van der Waals surface area contributed by atoms with E-state index in [9.17, 15) is 21.6 Å². The Bertz CT molecular complexity index is 2610. The summed E-state index contributed by atoms with van der Waals surface area (Å²) in [5.74, 6) is 1.50. The van der Waals surface area contributed by atoms with E-state index in [0.717, 1.165) is 48.9 Å². The summed E-state index contributed by atoms with van der Waals surface area (Å²) in [6, 6.07) is 22.5. The lowest BCUT2D eigenvalue weighted by atomic mass is 9.86. The number of aromatic nitrogens is 1. The predicted octanol–water partition coefficient (Wildman–Crippen LogP) is 6.82. The predicted molar refractivity (Wildman–Crippen MR) is 241 cm³/mol. The van der Waals surface area contributed by atoms with E-state index in [1.807, 2.05) is 51.1 Å². The van der Waals surface area contributed by atoms with E-state index in [4.69, 9.17) is 14.2 Å². The van der Waals surface area contributed by atoms with Gasteiger partial charge in [0, 0.05) is 81.5 Å². The molecule has 6 rings (SSSR count). The number of fused-ring (bicyclic) bond motifs is 1. The normalized spacial score (nSPS) is 14.2. The maximum absolute atomic E-state index is 13.6. The number of likely N-dealkylation sites (N-methyl/N-ethyl adjacent to an activating group) is 2. The number of nitrogens with one attached hydrogen (secondary N) is 3. The minimum absolute atomic E-state index is 0.109. The summed E-state index contributed by atoms with van der Waals surface area (Å²) in [6.45, 7) is 10.7. The molecule has 61 heavy (non-hydrogen) atoms. The fourth-order valence-electron chi connectivity index (χ4n) is 7.02. The number of methoxy groups -OCH3 is 2. The van der Waals surface area contributed by atoms with Crippen LogP contribution in [0, 0.1) is 0 Å². The summed E-state index contributed by atoms with van der Waals surface area (Å²) in [4.78, 5) is 22.7. The van der Waals surface area contributed by atoms with Crippen LogP contribution in [-0.4, -0.2) is 116 Å². The van der Waals surface area contributed by atoms with E-state index in [1.165, 1.54) is 18.5 Å². The average Bonchev–Trinajstić information content (AvgIpc) is 3.20. The second-order valence-corrected chi connectivity index (χ2v) is 19.9. The highest BCUT2D eigenvalue weighted by Gasteiger charge is 2.27. The first kappa shape index (κ1) is 45.1. The van der Waals surface area contributed by atoms with Gasteiger partial charge in [-0.25, -0.2) is 21.6 Å². The molecule has 0 bridgehead atoms. The van der Waals surface area contributed by atoms with E-state index in [-0.39, 0.29) is 33.2 Å². The van der Waals surface area contributed by atoms with Gasteiger partial charge in [0.2, 0.25) is 20.0 Å². The van der Waals surface area contributed by atoms with Crippen molar-refractivity contribution < 1.29 is 35.8 Å². The molecule has 1 aliphatic heterocycles. The number of nitrogens with zero attached hydrogens (tertiary/aromatic N) is 4. The Kier molecular flexibility index (Phi) is 13.8. The van der Waals surface area contributed by atoms with Crippen LogP contribution in [0.5, 0.6) is 23.0 Å². The third-order valence-corrected chi connectivity index (χ3v) is 13.0. The molecule has 0 spiro atoms. The maximum Gasteiger partial charge on any atom is 0.323 e. The molecule has 0 saturated carbocycles. The van der Waals surface area contributed by atoms with E-state index < -0.39 is 26.1 Å². The highest BCUT2D eigenvalue weighted by atomic mass is 32.2. The quantitative estimate of drug-likeness (QED) is 0.101. The van der Waals surface area contributed by atoms with Gasteiger partial charge in [0.1, 0.15) is 22.1 Å². The van der Waals surface area contributed by atoms with Gasteiger partial charge in [-0.3, -0.25) is 14.6 Å². The molecule has 0 unspecified atom stereocenters. The molecule has 0 atom stereocenters. The second-order valence-electron chi connectivity index (χ2n) is 16.2. The number of carbonyl (C=O) groups excluding carboxylic acids is 1. The number of amides is 2. The number of hydrogen-bond donors (Lipinski definition) is 3. The van der Waals surface area contributed by atoms with Crippen LogP contribution in [0.3, 0.4) is 0 Å². The van der Waals surface area contributed by atoms with Gasteiger partial charge in [-0.2, -0.15) is 4.31 Å². The molecule has 5 aromatic rings. The van der Waals surface area contributed by atoms with E-state index in [2.05, 4.69) is 37.2 Å². The van der Waals surface area contributed by atoms with Crippen molar-refractivity contribution in [1.82, 2.24) is 19.1 Å². The van der Waals surface area contributed by atoms with E-state index in [0.29, 0.717) is 47.8 Å². The third-order valence-electron chi connectivity index (χ3n) is 10.5. The minimum Gasteiger partial charge on any atom is -0.495 e. The molecule has 0 aliphatic carbocycles. The number of hydrogen-bond acceptors (Lipinski definition) is 11. The zero-order valence-corrected chi connectivity index (χ0v) is 37.5. The van der Waals surface area contributed by atoms with Crippen LogP contribution in [0.25, 0.3) is 10.8 Å². The Hall–Kier alpha value is -5.46. The molecule has 0 radical (unpaired) electrons. The molecule has 2 heterocycles. The Morgan fingerprint density at radius 3 is 2.18 bits per heavy atom. The number of benzene rings is 4. The lowest BCUT2D eigenvalue weighted by Gasteiger charge is -2.33. The summed E-state index contributed by atoms with van der Waals surface area (Å²) in [5.41, 5.74) is 2.91. The molecule has 1 aliphatic rings. The number of pyridine rings is 1. The number of sulfonamides is 2. The van der Waals surface area contributed by atoms with E-state index >= 15 is 0 Å². The van der Waals surface area contributed by atoms with Gasteiger partial charge < -0.3 is 29.7 Å². The Morgan fingerprint density at radius 1 is 0.820 bits per heavy atom. The lowest BCUT2D eigenvalue weighted by molar-refractivity contribution is 0.150. The van der Waals surface area contributed by atoms with Gasteiger partial charge in [-0.1, -0.05) is 51.1 Å². The van der Waals surface area contributed by atoms with Crippen molar-refractivity contribution in [3.8, 4) is 23.0 Å². The standard InChI is InChI=1S/C44H55N7O8S2/c1-44(2,3)31-27-37(42(58-7)38(28-31)48-60(8,53)54)47-43(52)46-36-14-15-39(35-12-10-9-11-34(35)36)59-33-17-18-45-32(29-33)25-30-13-16-41(40(26-30)57-6)61(55,56)50(5)21-24-51-22-19-49(4)20-23-51/h9-18,26-29,48H,19-25H2,1-8H3,(H2,46,47,52). The van der Waals surface area contributed by atoms with Crippen LogP contribution >= 0.6 is 0 Å². The van der Waals surface area contributed by atoms with Crippen molar-refractivity contribution in [2.45, 2.75) is 37.5 Å². The van der Waals surface area contributed by atoms with Gasteiger partial charge in [-0.05, 0) is 66.1 Å². The number of carbonyl (C=O) groups is 1. The van der Waals surface area contributed by atoms with Crippen LogP contribution < -0.4 is 29.6 Å². The maximum atomic E-state index is 13.6. The number of ether oxygens (including phenoxy) is 3. The van der Waals surface area contributed by atoms with Crippen molar-refractivity contribution in [2.75, 3.05) is 89.2 Å². The molecule has 4 aromatic carbocycles. The summed E-state index contributed by atoms with van der Waals surface area (Å²) < 4.78 is 73.1. The summed E-state index contributed by atoms with van der Waals surface area (Å²) in [5, 5.41) is 7.22. The smallest absolute Gasteiger partial charge is 0.323 e. The molecule has 326 valence electrons. The lowest BCUT2D eigenvalue weighted by Crippen LogP contribution is -2.47. The summed E-state index contributed by atoms with van der Waals surface area (Å²) >= 11 is 0. The van der Waals surface area contributed by atoms with Gasteiger partial charge >= 0.3 is 6.03 Å². The van der Waals surface area contributed by atoms with Crippen LogP contribution in [0.2, 0.25) is 0 Å². The third kappa shape index (κ3) is 11.3. The van der Waals surface area contributed by atoms with Crippen LogP contribution in [0.15, 0.2) is 90.0 Å². The van der Waals surface area contributed by atoms with Crippen molar-refractivity contribution in [2.24, 2.45) is 0 Å². The van der Waals surface area contributed by atoms with Crippen LogP contribution in [-0.2, 0) is 31.9 Å². The number of rotatable bonds is 15. The van der Waals surface area contributed by atoms with Crippen molar-refractivity contribution in [3.63, 3.8) is 0 Å². The first-order chi connectivity index (χ1) is 28.8. The fraction of sp³-hybridized carbons (Fsp3) is 0.364. The van der Waals surface area contributed by atoms with E-state index in [1.54, 1.807) is 61.8 Å². The molecule has 1 saturated heterocycles. The Balaban J connectivity index is 1.16. The first-order valence-corrected chi connectivity index (χ1v) is 23.1. The first-order valence-electron chi connectivity index (χ1n) is 19.8. The molecule has 1 fully saturated rings.